The molecule has 31 heavy (non-hydrogen) atoms. The van der Waals surface area contributed by atoms with Crippen molar-refractivity contribution in [2.45, 2.75) is 13.2 Å². The second kappa shape index (κ2) is 9.92. The molecule has 2 aromatic heterocycles. The number of amides is 1. The number of aromatic nitrogens is 1. The van der Waals surface area contributed by atoms with Crippen molar-refractivity contribution < 1.29 is 13.9 Å². The van der Waals surface area contributed by atoms with Crippen LogP contribution in [0.15, 0.2) is 53.2 Å². The Hall–Kier alpha value is -2.25. The van der Waals surface area contributed by atoms with Crippen LogP contribution in [-0.4, -0.2) is 46.9 Å². The molecule has 1 aromatic carbocycles. The van der Waals surface area contributed by atoms with Gasteiger partial charge in [-0.25, -0.2) is 0 Å². The summed E-state index contributed by atoms with van der Waals surface area (Å²) >= 11 is 18.2. The number of halogens is 3. The van der Waals surface area contributed by atoms with Gasteiger partial charge < -0.3 is 14.1 Å². The smallest absolute Gasteiger partial charge is 0.289 e. The van der Waals surface area contributed by atoms with Crippen LogP contribution < -0.4 is 4.74 Å². The average molecular weight is 481 g/mol. The Labute approximate surface area is 195 Å². The van der Waals surface area contributed by atoms with Crippen LogP contribution in [0.2, 0.25) is 15.1 Å². The Morgan fingerprint density at radius 1 is 1.06 bits per heavy atom. The largest absolute Gasteiger partial charge is 0.483 e. The van der Waals surface area contributed by atoms with Crippen LogP contribution in [0.25, 0.3) is 0 Å². The molecule has 1 aliphatic heterocycles. The van der Waals surface area contributed by atoms with Crippen LogP contribution in [0.3, 0.4) is 0 Å². The number of furan rings is 1. The highest BCUT2D eigenvalue weighted by atomic mass is 35.5. The van der Waals surface area contributed by atoms with Crippen molar-refractivity contribution in [3.8, 4) is 5.75 Å². The number of hydrogen-bond acceptors (Lipinski definition) is 5. The summed E-state index contributed by atoms with van der Waals surface area (Å²) in [6, 6.07) is 10.5. The van der Waals surface area contributed by atoms with Crippen LogP contribution in [0.5, 0.6) is 5.75 Å². The highest BCUT2D eigenvalue weighted by Crippen LogP contribution is 2.36. The number of pyridine rings is 1. The highest BCUT2D eigenvalue weighted by Gasteiger charge is 2.24. The van der Waals surface area contributed by atoms with Crippen molar-refractivity contribution in [2.24, 2.45) is 0 Å². The van der Waals surface area contributed by atoms with E-state index in [1.54, 1.807) is 35.4 Å². The first kappa shape index (κ1) is 22.0. The predicted molar refractivity (Wildman–Crippen MR) is 120 cm³/mol. The van der Waals surface area contributed by atoms with Gasteiger partial charge in [0.15, 0.2) is 11.5 Å². The first-order chi connectivity index (χ1) is 15.0. The number of piperazine rings is 1. The molecule has 6 nitrogen and oxygen atoms in total. The fraction of sp³-hybridized carbons (Fsp3) is 0.273. The van der Waals surface area contributed by atoms with Crippen molar-refractivity contribution in [1.82, 2.24) is 14.8 Å². The number of ether oxygens (including phenoxy) is 1. The molecule has 9 heteroatoms. The van der Waals surface area contributed by atoms with E-state index in [4.69, 9.17) is 44.0 Å². The van der Waals surface area contributed by atoms with E-state index in [1.165, 1.54) is 5.56 Å². The number of nitrogens with zero attached hydrogens (tertiary/aromatic N) is 3. The molecule has 1 amide bonds. The van der Waals surface area contributed by atoms with E-state index in [0.717, 1.165) is 19.6 Å². The van der Waals surface area contributed by atoms with Crippen molar-refractivity contribution in [3.63, 3.8) is 0 Å². The quantitative estimate of drug-likeness (QED) is 0.487. The summed E-state index contributed by atoms with van der Waals surface area (Å²) in [5.41, 5.74) is 1.17. The lowest BCUT2D eigenvalue weighted by molar-refractivity contribution is 0.0594. The molecule has 1 fully saturated rings. The molecule has 0 N–H and O–H groups in total. The molecular formula is C22H20Cl3N3O3. The molecule has 4 rings (SSSR count). The predicted octanol–water partition coefficient (Wildman–Crippen LogP) is 5.17. The van der Waals surface area contributed by atoms with Gasteiger partial charge in [0.1, 0.15) is 12.4 Å². The van der Waals surface area contributed by atoms with E-state index in [2.05, 4.69) is 16.0 Å². The van der Waals surface area contributed by atoms with Crippen LogP contribution in [0.4, 0.5) is 0 Å². The van der Waals surface area contributed by atoms with E-state index in [9.17, 15) is 4.79 Å². The molecule has 1 aliphatic rings. The van der Waals surface area contributed by atoms with Gasteiger partial charge in [-0.2, -0.15) is 0 Å². The number of rotatable bonds is 6. The standard InChI is InChI=1S/C22H20Cl3N3O3/c23-16-10-18(24)21(19(25)11-16)30-14-17-3-4-20(31-17)22(29)28-8-6-27(7-9-28)13-15-2-1-5-26-12-15/h1-5,10-12H,6-9,13-14H2. The number of carbonyl (C=O) groups is 1. The van der Waals surface area contributed by atoms with Gasteiger partial charge in [-0.15, -0.1) is 0 Å². The van der Waals surface area contributed by atoms with Gasteiger partial charge in [-0.05, 0) is 35.9 Å². The molecule has 162 valence electrons. The fourth-order valence-corrected chi connectivity index (χ4v) is 4.32. The van der Waals surface area contributed by atoms with Gasteiger partial charge in [0, 0.05) is 50.1 Å². The molecule has 0 saturated carbocycles. The monoisotopic (exact) mass is 479 g/mol. The molecule has 3 heterocycles. The van der Waals surface area contributed by atoms with Gasteiger partial charge in [0.25, 0.3) is 5.91 Å². The van der Waals surface area contributed by atoms with Gasteiger partial charge in [-0.3, -0.25) is 14.7 Å². The van der Waals surface area contributed by atoms with Crippen molar-refractivity contribution in [2.75, 3.05) is 26.2 Å². The zero-order valence-corrected chi connectivity index (χ0v) is 18.8. The molecule has 0 bridgehead atoms. The van der Waals surface area contributed by atoms with Crippen LogP contribution in [0, 0.1) is 0 Å². The molecule has 0 radical (unpaired) electrons. The topological polar surface area (TPSA) is 58.8 Å². The van der Waals surface area contributed by atoms with E-state index in [1.807, 2.05) is 12.3 Å². The first-order valence-electron chi connectivity index (χ1n) is 9.76. The van der Waals surface area contributed by atoms with Gasteiger partial charge in [0.05, 0.1) is 10.0 Å². The Morgan fingerprint density at radius 3 is 2.48 bits per heavy atom. The summed E-state index contributed by atoms with van der Waals surface area (Å²) < 4.78 is 11.4. The summed E-state index contributed by atoms with van der Waals surface area (Å²) in [5.74, 6) is 0.977. The number of carbonyl (C=O) groups excluding carboxylic acids is 1. The highest BCUT2D eigenvalue weighted by molar-refractivity contribution is 6.40. The third-order valence-electron chi connectivity index (χ3n) is 4.98. The first-order valence-corrected chi connectivity index (χ1v) is 10.9. The molecule has 0 spiro atoms. The Bertz CT molecular complexity index is 1030. The van der Waals surface area contributed by atoms with E-state index >= 15 is 0 Å². The van der Waals surface area contributed by atoms with Gasteiger partial charge >= 0.3 is 0 Å². The molecule has 0 aliphatic carbocycles. The van der Waals surface area contributed by atoms with Crippen LogP contribution in [0.1, 0.15) is 21.9 Å². The molecule has 1 saturated heterocycles. The Morgan fingerprint density at radius 2 is 1.81 bits per heavy atom. The Balaban J connectivity index is 1.31. The fourth-order valence-electron chi connectivity index (χ4n) is 3.40. The lowest BCUT2D eigenvalue weighted by atomic mass is 10.2. The second-order valence-electron chi connectivity index (χ2n) is 7.18. The Kier molecular flexibility index (Phi) is 7.02. The summed E-state index contributed by atoms with van der Waals surface area (Å²) in [5, 5.41) is 1.04. The summed E-state index contributed by atoms with van der Waals surface area (Å²) in [6.45, 7) is 3.79. The molecule has 0 unspecified atom stereocenters. The van der Waals surface area contributed by atoms with Gasteiger partial charge in [-0.1, -0.05) is 40.9 Å². The zero-order valence-electron chi connectivity index (χ0n) is 16.6. The van der Waals surface area contributed by atoms with Crippen molar-refractivity contribution >= 4 is 40.7 Å². The lowest BCUT2D eigenvalue weighted by Crippen LogP contribution is -2.48. The SMILES string of the molecule is O=C(c1ccc(COc2c(Cl)cc(Cl)cc2Cl)o1)N1CCN(Cc2cccnc2)CC1. The van der Waals surface area contributed by atoms with E-state index in [-0.39, 0.29) is 18.3 Å². The third kappa shape index (κ3) is 5.52. The average Bonchev–Trinajstić information content (AvgIpc) is 3.23. The summed E-state index contributed by atoms with van der Waals surface area (Å²) in [6.07, 6.45) is 3.63. The maximum Gasteiger partial charge on any atom is 0.289 e. The maximum atomic E-state index is 12.8. The maximum absolute atomic E-state index is 12.8. The zero-order chi connectivity index (χ0) is 21.8. The minimum Gasteiger partial charge on any atom is -0.483 e. The van der Waals surface area contributed by atoms with Gasteiger partial charge in [0.2, 0.25) is 0 Å². The summed E-state index contributed by atoms with van der Waals surface area (Å²) in [7, 11) is 0. The lowest BCUT2D eigenvalue weighted by Gasteiger charge is -2.34. The van der Waals surface area contributed by atoms with Crippen LogP contribution >= 0.6 is 34.8 Å². The second-order valence-corrected chi connectivity index (χ2v) is 8.43. The third-order valence-corrected chi connectivity index (χ3v) is 5.76. The van der Waals surface area contributed by atoms with Crippen LogP contribution in [-0.2, 0) is 13.2 Å². The van der Waals surface area contributed by atoms with E-state index in [0.29, 0.717) is 39.7 Å². The minimum atomic E-state index is -0.130. The van der Waals surface area contributed by atoms with Crippen molar-refractivity contribution in [3.05, 3.63) is 80.9 Å². The van der Waals surface area contributed by atoms with Crippen molar-refractivity contribution in [1.29, 1.82) is 0 Å². The van der Waals surface area contributed by atoms with E-state index < -0.39 is 0 Å². The number of hydrogen-bond donors (Lipinski definition) is 0. The molecular weight excluding hydrogens is 461 g/mol. The number of benzene rings is 1. The molecule has 3 aromatic rings. The summed E-state index contributed by atoms with van der Waals surface area (Å²) in [4.78, 5) is 21.1. The molecule has 0 atom stereocenters. The normalized spacial score (nSPS) is 14.6. The minimum absolute atomic E-state index is 0.0905.